The Hall–Kier alpha value is -0.550. The van der Waals surface area contributed by atoms with Crippen molar-refractivity contribution in [2.75, 3.05) is 0 Å². The first-order chi connectivity index (χ1) is 7.52. The van der Waals surface area contributed by atoms with Crippen molar-refractivity contribution in [1.29, 1.82) is 0 Å². The highest BCUT2D eigenvalue weighted by Gasteiger charge is 2.84. The Kier molecular flexibility index (Phi) is 2.00. The number of aryl methyl sites for hydroxylation is 1. The van der Waals surface area contributed by atoms with E-state index in [0.29, 0.717) is 29.8 Å². The summed E-state index contributed by atoms with van der Waals surface area (Å²) in [6, 6.07) is 0. The maximum Gasteiger partial charge on any atom is 0.265 e. The Morgan fingerprint density at radius 2 is 2.31 bits per heavy atom. The zero-order chi connectivity index (χ0) is 11.6. The first-order valence-corrected chi connectivity index (χ1v) is 6.36. The first-order valence-electron chi connectivity index (χ1n) is 5.48. The summed E-state index contributed by atoms with van der Waals surface area (Å²) in [7, 11) is 0. The van der Waals surface area contributed by atoms with Crippen molar-refractivity contribution in [1.82, 2.24) is 4.98 Å². The molecule has 1 heterocycles. The Morgan fingerprint density at radius 3 is 2.94 bits per heavy atom. The maximum atomic E-state index is 14.0. The standard InChI is InChI=1S/C11H13F2NOS/c1-6-9(16-5-14-6)10-4-2-3-7(15)8(10)11(10,12)13/h5,7-8,15H,2-4H2,1H3. The number of fused-ring (bicyclic) bond motifs is 1. The van der Waals surface area contributed by atoms with Gasteiger partial charge in [-0.2, -0.15) is 0 Å². The van der Waals surface area contributed by atoms with Crippen molar-refractivity contribution >= 4 is 11.3 Å². The van der Waals surface area contributed by atoms with Gasteiger partial charge in [-0.3, -0.25) is 0 Å². The quantitative estimate of drug-likeness (QED) is 0.824. The molecule has 2 aliphatic rings. The van der Waals surface area contributed by atoms with Gasteiger partial charge >= 0.3 is 0 Å². The molecular weight excluding hydrogens is 232 g/mol. The second kappa shape index (κ2) is 3.01. The summed E-state index contributed by atoms with van der Waals surface area (Å²) in [6.07, 6.45) is 0.792. The van der Waals surface area contributed by atoms with E-state index in [1.807, 2.05) is 0 Å². The van der Waals surface area contributed by atoms with Crippen molar-refractivity contribution in [2.24, 2.45) is 5.92 Å². The molecule has 3 unspecified atom stereocenters. The van der Waals surface area contributed by atoms with Crippen molar-refractivity contribution in [3.63, 3.8) is 0 Å². The molecule has 2 saturated carbocycles. The highest BCUT2D eigenvalue weighted by atomic mass is 32.1. The van der Waals surface area contributed by atoms with Crippen LogP contribution in [0.1, 0.15) is 29.8 Å². The van der Waals surface area contributed by atoms with Crippen LogP contribution in [-0.4, -0.2) is 22.1 Å². The number of thiazole rings is 1. The van der Waals surface area contributed by atoms with E-state index >= 15 is 0 Å². The lowest BCUT2D eigenvalue weighted by atomic mass is 9.85. The van der Waals surface area contributed by atoms with E-state index in [1.54, 1.807) is 12.4 Å². The monoisotopic (exact) mass is 245 g/mol. The lowest BCUT2D eigenvalue weighted by Crippen LogP contribution is -2.24. The van der Waals surface area contributed by atoms with Gasteiger partial charge in [0.15, 0.2) is 0 Å². The van der Waals surface area contributed by atoms with Gasteiger partial charge in [0.1, 0.15) is 0 Å². The Labute approximate surface area is 96.3 Å². The molecule has 5 heteroatoms. The van der Waals surface area contributed by atoms with Gasteiger partial charge in [0.05, 0.1) is 28.6 Å². The fraction of sp³-hybridized carbons (Fsp3) is 0.727. The molecule has 1 aromatic heterocycles. The van der Waals surface area contributed by atoms with Gasteiger partial charge in [-0.1, -0.05) is 0 Å². The summed E-state index contributed by atoms with van der Waals surface area (Å²) in [5.41, 5.74) is 1.21. The van der Waals surface area contributed by atoms with Gasteiger partial charge in [-0.15, -0.1) is 11.3 Å². The summed E-state index contributed by atoms with van der Waals surface area (Å²) in [5, 5.41) is 9.71. The van der Waals surface area contributed by atoms with Crippen molar-refractivity contribution in [2.45, 2.75) is 43.6 Å². The molecule has 3 rings (SSSR count). The smallest absolute Gasteiger partial charge is 0.265 e. The first kappa shape index (κ1) is 10.6. The molecule has 2 nitrogen and oxygen atoms in total. The van der Waals surface area contributed by atoms with Gasteiger partial charge in [0.2, 0.25) is 0 Å². The average Bonchev–Trinajstić information content (AvgIpc) is 2.56. The van der Waals surface area contributed by atoms with Crippen molar-refractivity contribution in [3.8, 4) is 0 Å². The third kappa shape index (κ3) is 1.01. The van der Waals surface area contributed by atoms with Gasteiger partial charge < -0.3 is 5.11 Å². The predicted molar refractivity (Wildman–Crippen MR) is 56.8 cm³/mol. The third-order valence-corrected chi connectivity index (χ3v) is 5.15. The highest BCUT2D eigenvalue weighted by molar-refractivity contribution is 7.10. The molecule has 88 valence electrons. The number of nitrogens with zero attached hydrogens (tertiary/aromatic N) is 1. The molecule has 2 aliphatic carbocycles. The second-order valence-electron chi connectivity index (χ2n) is 4.80. The minimum absolute atomic E-state index is 0.477. The molecule has 0 saturated heterocycles. The maximum absolute atomic E-state index is 14.0. The van der Waals surface area contributed by atoms with Gasteiger partial charge in [0.25, 0.3) is 5.92 Å². The summed E-state index contributed by atoms with van der Waals surface area (Å²) < 4.78 is 27.9. The zero-order valence-electron chi connectivity index (χ0n) is 8.91. The van der Waals surface area contributed by atoms with E-state index in [9.17, 15) is 13.9 Å². The number of hydrogen-bond acceptors (Lipinski definition) is 3. The fourth-order valence-electron chi connectivity index (χ4n) is 3.27. The number of halogens is 2. The molecule has 0 bridgehead atoms. The molecule has 2 fully saturated rings. The topological polar surface area (TPSA) is 33.1 Å². The van der Waals surface area contributed by atoms with Crippen LogP contribution >= 0.6 is 11.3 Å². The van der Waals surface area contributed by atoms with Crippen LogP contribution in [0, 0.1) is 12.8 Å². The summed E-state index contributed by atoms with van der Waals surface area (Å²) in [4.78, 5) is 4.74. The van der Waals surface area contributed by atoms with Gasteiger partial charge in [0, 0.05) is 4.88 Å². The fourth-order valence-corrected chi connectivity index (χ4v) is 4.39. The van der Waals surface area contributed by atoms with Crippen LogP contribution < -0.4 is 0 Å². The van der Waals surface area contributed by atoms with Crippen LogP contribution in [0.25, 0.3) is 0 Å². The van der Waals surface area contributed by atoms with Crippen LogP contribution in [-0.2, 0) is 5.41 Å². The van der Waals surface area contributed by atoms with E-state index in [-0.39, 0.29) is 0 Å². The highest BCUT2D eigenvalue weighted by Crippen LogP contribution is 2.73. The van der Waals surface area contributed by atoms with Gasteiger partial charge in [-0.05, 0) is 26.2 Å². The number of aliphatic hydroxyl groups excluding tert-OH is 1. The molecule has 0 amide bonds. The van der Waals surface area contributed by atoms with Crippen LogP contribution in [0.2, 0.25) is 0 Å². The SMILES string of the molecule is Cc1ncsc1C12CCCC(O)C1C2(F)F. The number of alkyl halides is 2. The van der Waals surface area contributed by atoms with E-state index in [2.05, 4.69) is 4.98 Å². The molecule has 0 spiro atoms. The minimum atomic E-state index is -2.75. The van der Waals surface area contributed by atoms with Crippen LogP contribution in [0.3, 0.4) is 0 Å². The summed E-state index contributed by atoms with van der Waals surface area (Å²) in [6.45, 7) is 1.77. The van der Waals surface area contributed by atoms with Crippen molar-refractivity contribution in [3.05, 3.63) is 16.1 Å². The third-order valence-electron chi connectivity index (χ3n) is 4.04. The molecule has 0 aromatic carbocycles. The van der Waals surface area contributed by atoms with E-state index in [0.717, 1.165) is 0 Å². The van der Waals surface area contributed by atoms with E-state index in [1.165, 1.54) is 11.3 Å². The normalized spacial score (nSPS) is 40.5. The van der Waals surface area contributed by atoms with Gasteiger partial charge in [-0.25, -0.2) is 13.8 Å². The summed E-state index contributed by atoms with van der Waals surface area (Å²) >= 11 is 1.30. The molecule has 0 radical (unpaired) electrons. The minimum Gasteiger partial charge on any atom is -0.393 e. The number of rotatable bonds is 1. The van der Waals surface area contributed by atoms with Crippen molar-refractivity contribution < 1.29 is 13.9 Å². The molecule has 1 aromatic rings. The van der Waals surface area contributed by atoms with Crippen LogP contribution in [0.5, 0.6) is 0 Å². The van der Waals surface area contributed by atoms with E-state index in [4.69, 9.17) is 0 Å². The molecule has 3 atom stereocenters. The lowest BCUT2D eigenvalue weighted by Gasteiger charge is -2.22. The molecule has 0 aliphatic heterocycles. The molecule has 16 heavy (non-hydrogen) atoms. The zero-order valence-corrected chi connectivity index (χ0v) is 9.73. The van der Waals surface area contributed by atoms with Crippen LogP contribution in [0.15, 0.2) is 5.51 Å². The lowest BCUT2D eigenvalue weighted by molar-refractivity contribution is 0.0457. The Balaban J connectivity index is 2.09. The Morgan fingerprint density at radius 1 is 1.56 bits per heavy atom. The largest absolute Gasteiger partial charge is 0.393 e. The molecular formula is C11H13F2NOS. The summed E-state index contributed by atoms with van der Waals surface area (Å²) in [5.74, 6) is -3.63. The second-order valence-corrected chi connectivity index (χ2v) is 5.65. The number of aromatic nitrogens is 1. The predicted octanol–water partition coefficient (Wildman–Crippen LogP) is 2.50. The molecule has 1 N–H and O–H groups in total. The number of aliphatic hydroxyl groups is 1. The average molecular weight is 245 g/mol. The Bertz CT molecular complexity index is 433. The number of hydrogen-bond donors (Lipinski definition) is 1. The van der Waals surface area contributed by atoms with E-state index < -0.39 is 23.4 Å². The van der Waals surface area contributed by atoms with Crippen LogP contribution in [0.4, 0.5) is 8.78 Å².